The monoisotopic (exact) mass is 326 g/mol. The number of hydrogen-bond donors (Lipinski definition) is 0. The van der Waals surface area contributed by atoms with Crippen molar-refractivity contribution in [3.05, 3.63) is 80.4 Å². The minimum Gasteiger partial charge on any atom is -0.0795 e. The van der Waals surface area contributed by atoms with Crippen molar-refractivity contribution in [1.29, 1.82) is 0 Å². The topological polar surface area (TPSA) is 0 Å². The van der Waals surface area contributed by atoms with E-state index in [2.05, 4.69) is 49.4 Å². The molecule has 0 atom stereocenters. The maximum absolute atomic E-state index is 2.44. The van der Waals surface area contributed by atoms with Gasteiger partial charge in [0.15, 0.2) is 0 Å². The first kappa shape index (κ1) is 15.2. The lowest BCUT2D eigenvalue weighted by molar-refractivity contribution is 0.911. The standard InChI is InChI=1S/C13H14.C12H12/c1-9-5-12-7-10-3-2-4-11(10)8-13(12)6-9;1-3-9-7-11-5-2-6-12(11)8-10(9)4-1/h5,7-8H,2-4,6H2,1H3;1,3,7-8H,2,4-6H2. The summed E-state index contributed by atoms with van der Waals surface area (Å²) >= 11 is 0. The van der Waals surface area contributed by atoms with E-state index in [1.165, 1.54) is 67.2 Å². The molecular weight excluding hydrogens is 300 g/mol. The van der Waals surface area contributed by atoms with Crippen molar-refractivity contribution in [2.24, 2.45) is 0 Å². The second kappa shape index (κ2) is 6.02. The molecule has 2 aromatic carbocycles. The Balaban J connectivity index is 0.000000112. The van der Waals surface area contributed by atoms with Gasteiger partial charge in [-0.05, 0) is 103 Å². The summed E-state index contributed by atoms with van der Waals surface area (Å²) in [6, 6.07) is 9.65. The zero-order valence-corrected chi connectivity index (χ0v) is 15.2. The Bertz CT molecular complexity index is 907. The second-order valence-electron chi connectivity index (χ2n) is 8.12. The predicted octanol–water partition coefficient (Wildman–Crippen LogP) is 5.88. The highest BCUT2D eigenvalue weighted by Gasteiger charge is 2.17. The molecule has 0 spiro atoms. The summed E-state index contributed by atoms with van der Waals surface area (Å²) in [4.78, 5) is 0. The third-order valence-corrected chi connectivity index (χ3v) is 6.21. The molecule has 0 heteroatoms. The highest BCUT2D eigenvalue weighted by atomic mass is 14.2. The largest absolute Gasteiger partial charge is 0.0795 e. The van der Waals surface area contributed by atoms with Gasteiger partial charge in [0.1, 0.15) is 0 Å². The molecule has 0 fully saturated rings. The summed E-state index contributed by atoms with van der Waals surface area (Å²) in [5.41, 5.74) is 14.0. The first-order chi connectivity index (χ1) is 12.3. The molecular formula is C25H26. The quantitative estimate of drug-likeness (QED) is 0.567. The molecule has 0 aromatic heterocycles. The van der Waals surface area contributed by atoms with E-state index in [1.54, 1.807) is 27.8 Å². The molecule has 0 bridgehead atoms. The molecule has 2 aromatic rings. The fourth-order valence-electron chi connectivity index (χ4n) is 4.94. The third kappa shape index (κ3) is 2.78. The molecule has 0 saturated carbocycles. The molecule has 0 aliphatic heterocycles. The van der Waals surface area contributed by atoms with Crippen LogP contribution in [0.1, 0.15) is 64.3 Å². The van der Waals surface area contributed by atoms with Gasteiger partial charge >= 0.3 is 0 Å². The molecule has 0 unspecified atom stereocenters. The van der Waals surface area contributed by atoms with Crippen LogP contribution in [0.3, 0.4) is 0 Å². The fourth-order valence-corrected chi connectivity index (χ4v) is 4.94. The number of hydrogen-bond acceptors (Lipinski definition) is 0. The first-order valence-corrected chi connectivity index (χ1v) is 9.89. The summed E-state index contributed by atoms with van der Waals surface area (Å²) in [5, 5.41) is 0. The van der Waals surface area contributed by atoms with Crippen molar-refractivity contribution in [2.45, 2.75) is 58.3 Å². The van der Waals surface area contributed by atoms with E-state index in [4.69, 9.17) is 0 Å². The van der Waals surface area contributed by atoms with Crippen molar-refractivity contribution in [3.63, 3.8) is 0 Å². The Morgan fingerprint density at radius 3 is 1.96 bits per heavy atom. The third-order valence-electron chi connectivity index (χ3n) is 6.21. The maximum Gasteiger partial charge on any atom is -0.00605 e. The molecule has 6 rings (SSSR count). The Morgan fingerprint density at radius 2 is 1.24 bits per heavy atom. The molecule has 0 amide bonds. The van der Waals surface area contributed by atoms with Crippen molar-refractivity contribution in [3.8, 4) is 0 Å². The molecule has 0 N–H and O–H groups in total. The molecule has 25 heavy (non-hydrogen) atoms. The molecule has 4 aliphatic carbocycles. The lowest BCUT2D eigenvalue weighted by Gasteiger charge is -2.03. The van der Waals surface area contributed by atoms with E-state index in [0.717, 1.165) is 6.42 Å². The van der Waals surface area contributed by atoms with Crippen LogP contribution in [-0.2, 0) is 38.5 Å². The van der Waals surface area contributed by atoms with E-state index in [-0.39, 0.29) is 0 Å². The first-order valence-electron chi connectivity index (χ1n) is 9.89. The molecule has 4 aliphatic rings. The number of allylic oxidation sites excluding steroid dienone is 2. The minimum absolute atomic E-state index is 1.16. The van der Waals surface area contributed by atoms with Crippen LogP contribution in [0.4, 0.5) is 0 Å². The fraction of sp³-hybridized carbons (Fsp3) is 0.360. The summed E-state index contributed by atoms with van der Waals surface area (Å²) in [6.07, 6.45) is 17.1. The van der Waals surface area contributed by atoms with Crippen LogP contribution in [0.2, 0.25) is 0 Å². The lowest BCUT2D eigenvalue weighted by Crippen LogP contribution is -1.88. The van der Waals surface area contributed by atoms with Crippen molar-refractivity contribution in [2.75, 3.05) is 0 Å². The smallest absolute Gasteiger partial charge is 0.00605 e. The number of fused-ring (bicyclic) bond motifs is 4. The van der Waals surface area contributed by atoms with Crippen LogP contribution in [0.15, 0.2) is 35.9 Å². The predicted molar refractivity (Wildman–Crippen MR) is 107 cm³/mol. The lowest BCUT2D eigenvalue weighted by atomic mass is 10.0. The van der Waals surface area contributed by atoms with Gasteiger partial charge in [-0.3, -0.25) is 0 Å². The van der Waals surface area contributed by atoms with Crippen LogP contribution < -0.4 is 0 Å². The van der Waals surface area contributed by atoms with Crippen LogP contribution in [0.25, 0.3) is 12.2 Å². The van der Waals surface area contributed by atoms with Crippen LogP contribution in [0.5, 0.6) is 0 Å². The van der Waals surface area contributed by atoms with Gasteiger partial charge in [-0.15, -0.1) is 0 Å². The van der Waals surface area contributed by atoms with Gasteiger partial charge in [-0.25, -0.2) is 0 Å². The highest BCUT2D eigenvalue weighted by Crippen LogP contribution is 2.32. The van der Waals surface area contributed by atoms with Gasteiger partial charge in [-0.2, -0.15) is 0 Å². The van der Waals surface area contributed by atoms with Gasteiger partial charge < -0.3 is 0 Å². The summed E-state index contributed by atoms with van der Waals surface area (Å²) in [5.74, 6) is 0. The van der Waals surface area contributed by atoms with E-state index in [0.29, 0.717) is 0 Å². The maximum atomic E-state index is 2.44. The summed E-state index contributed by atoms with van der Waals surface area (Å²) in [7, 11) is 0. The Kier molecular flexibility index (Phi) is 3.66. The number of aryl methyl sites for hydroxylation is 4. The van der Waals surface area contributed by atoms with Crippen LogP contribution in [-0.4, -0.2) is 0 Å². The summed E-state index contributed by atoms with van der Waals surface area (Å²) < 4.78 is 0. The van der Waals surface area contributed by atoms with Crippen molar-refractivity contribution >= 4 is 12.2 Å². The Hall–Kier alpha value is -2.08. The zero-order valence-electron chi connectivity index (χ0n) is 15.2. The second-order valence-corrected chi connectivity index (χ2v) is 8.12. The van der Waals surface area contributed by atoms with E-state index in [1.807, 2.05) is 0 Å². The van der Waals surface area contributed by atoms with Gasteiger partial charge in [0.2, 0.25) is 0 Å². The molecule has 0 radical (unpaired) electrons. The average Bonchev–Trinajstić information content (AvgIpc) is 3.36. The number of benzene rings is 2. The van der Waals surface area contributed by atoms with E-state index < -0.39 is 0 Å². The van der Waals surface area contributed by atoms with Gasteiger partial charge in [0.05, 0.1) is 0 Å². The average molecular weight is 326 g/mol. The van der Waals surface area contributed by atoms with Crippen molar-refractivity contribution in [1.82, 2.24) is 0 Å². The highest BCUT2D eigenvalue weighted by molar-refractivity contribution is 5.65. The van der Waals surface area contributed by atoms with Crippen molar-refractivity contribution < 1.29 is 0 Å². The summed E-state index contributed by atoms with van der Waals surface area (Å²) in [6.45, 7) is 2.23. The minimum atomic E-state index is 1.16. The van der Waals surface area contributed by atoms with Gasteiger partial charge in [-0.1, -0.05) is 48.1 Å². The van der Waals surface area contributed by atoms with Crippen LogP contribution in [0, 0.1) is 0 Å². The zero-order chi connectivity index (χ0) is 16.8. The normalized spacial score (nSPS) is 18.2. The van der Waals surface area contributed by atoms with E-state index in [9.17, 15) is 0 Å². The molecule has 0 nitrogen and oxygen atoms in total. The molecule has 0 heterocycles. The Morgan fingerprint density at radius 1 is 0.640 bits per heavy atom. The SMILES string of the molecule is C1=Cc2cc3c(cc2C1)CCC3.CC1=Cc2cc3c(cc2C1)CCC3. The van der Waals surface area contributed by atoms with Gasteiger partial charge in [0, 0.05) is 0 Å². The molecule has 0 saturated heterocycles. The Labute approximate surface area is 151 Å². The van der Waals surface area contributed by atoms with E-state index >= 15 is 0 Å². The molecule has 126 valence electrons. The number of rotatable bonds is 0. The van der Waals surface area contributed by atoms with Gasteiger partial charge in [0.25, 0.3) is 0 Å². The van der Waals surface area contributed by atoms with Crippen LogP contribution >= 0.6 is 0 Å².